The monoisotopic (exact) mass is 115 g/mol. The van der Waals surface area contributed by atoms with Crippen LogP contribution in [0.25, 0.3) is 0 Å². The molecule has 0 spiro atoms. The number of aliphatic imine (C=N–C) groups is 1. The van der Waals surface area contributed by atoms with Gasteiger partial charge in [-0.05, 0) is 5.57 Å². The minimum Gasteiger partial charge on any atom is -0.289 e. The second-order valence-corrected chi connectivity index (χ2v) is 1.67. The zero-order valence-electron chi connectivity index (χ0n) is 3.89. The Morgan fingerprint density at radius 1 is 1.86 bits per heavy atom. The Balaban J connectivity index is 2.52. The van der Waals surface area contributed by atoms with Gasteiger partial charge in [0.05, 0.1) is 6.54 Å². The van der Waals surface area contributed by atoms with E-state index < -0.39 is 0 Å². The average Bonchev–Trinajstić information content (AvgIpc) is 2.14. The van der Waals surface area contributed by atoms with Crippen LogP contribution in [0.15, 0.2) is 16.6 Å². The van der Waals surface area contributed by atoms with Crippen molar-refractivity contribution in [2.75, 3.05) is 12.4 Å². The van der Waals surface area contributed by atoms with E-state index in [1.165, 1.54) is 0 Å². The predicted molar refractivity (Wildman–Crippen MR) is 32.2 cm³/mol. The number of halogens is 1. The van der Waals surface area contributed by atoms with E-state index >= 15 is 0 Å². The fourth-order valence-corrected chi connectivity index (χ4v) is 0.660. The summed E-state index contributed by atoms with van der Waals surface area (Å²) in [7, 11) is 0. The third-order valence-corrected chi connectivity index (χ3v) is 1.18. The molecule has 0 unspecified atom stereocenters. The molecule has 0 aromatic rings. The van der Waals surface area contributed by atoms with Gasteiger partial charge in [-0.2, -0.15) is 0 Å². The second kappa shape index (κ2) is 2.12. The van der Waals surface area contributed by atoms with E-state index in [4.69, 9.17) is 11.6 Å². The maximum absolute atomic E-state index is 5.45. The minimum absolute atomic E-state index is 0.601. The van der Waals surface area contributed by atoms with Crippen LogP contribution in [0.4, 0.5) is 0 Å². The van der Waals surface area contributed by atoms with Gasteiger partial charge in [0.25, 0.3) is 0 Å². The van der Waals surface area contributed by atoms with E-state index in [1.807, 2.05) is 12.3 Å². The first-order valence-electron chi connectivity index (χ1n) is 2.18. The van der Waals surface area contributed by atoms with Crippen molar-refractivity contribution in [2.45, 2.75) is 0 Å². The average molecular weight is 116 g/mol. The van der Waals surface area contributed by atoms with Gasteiger partial charge >= 0.3 is 0 Å². The smallest absolute Gasteiger partial charge is 0.0577 e. The molecule has 1 rings (SSSR count). The number of nitrogens with zero attached hydrogens (tertiary/aromatic N) is 1. The van der Waals surface area contributed by atoms with Gasteiger partial charge in [-0.25, -0.2) is 0 Å². The largest absolute Gasteiger partial charge is 0.289 e. The highest BCUT2D eigenvalue weighted by molar-refractivity contribution is 6.21. The molecule has 0 saturated carbocycles. The number of alkyl halides is 1. The van der Waals surface area contributed by atoms with Crippen LogP contribution < -0.4 is 0 Å². The summed E-state index contributed by atoms with van der Waals surface area (Å²) in [5, 5.41) is 0. The minimum atomic E-state index is 0.601. The summed E-state index contributed by atoms with van der Waals surface area (Å²) in [6.45, 7) is 0.821. The van der Waals surface area contributed by atoms with Crippen molar-refractivity contribution in [1.29, 1.82) is 0 Å². The normalized spacial score (nSPS) is 17.6. The molecule has 1 heterocycles. The van der Waals surface area contributed by atoms with Crippen molar-refractivity contribution in [3.05, 3.63) is 11.6 Å². The molecule has 0 bridgehead atoms. The zero-order valence-corrected chi connectivity index (χ0v) is 4.65. The Kier molecular flexibility index (Phi) is 1.47. The Morgan fingerprint density at radius 3 is 3.00 bits per heavy atom. The highest BCUT2D eigenvalue weighted by atomic mass is 35.5. The number of hydrogen-bond donors (Lipinski definition) is 0. The molecule has 0 aliphatic carbocycles. The van der Waals surface area contributed by atoms with Gasteiger partial charge in [-0.3, -0.25) is 4.99 Å². The molecule has 0 amide bonds. The fourth-order valence-electron chi connectivity index (χ4n) is 0.482. The first-order valence-corrected chi connectivity index (χ1v) is 2.72. The molecule has 0 atom stereocenters. The molecule has 7 heavy (non-hydrogen) atoms. The Bertz CT molecular complexity index is 115. The lowest BCUT2D eigenvalue weighted by atomic mass is 10.3. The van der Waals surface area contributed by atoms with Crippen LogP contribution >= 0.6 is 11.6 Å². The van der Waals surface area contributed by atoms with Crippen LogP contribution in [0.5, 0.6) is 0 Å². The Labute approximate surface area is 47.7 Å². The van der Waals surface area contributed by atoms with Crippen molar-refractivity contribution in [2.24, 2.45) is 4.99 Å². The van der Waals surface area contributed by atoms with Gasteiger partial charge in [0.1, 0.15) is 0 Å². The lowest BCUT2D eigenvalue weighted by molar-refractivity contribution is 1.29. The fraction of sp³-hybridized carbons (Fsp3) is 0.400. The van der Waals surface area contributed by atoms with E-state index in [2.05, 4.69) is 4.99 Å². The summed E-state index contributed by atoms with van der Waals surface area (Å²) in [6, 6.07) is 0. The molecule has 0 aromatic heterocycles. The third kappa shape index (κ3) is 1.03. The highest BCUT2D eigenvalue weighted by Gasteiger charge is 1.92. The van der Waals surface area contributed by atoms with Crippen LogP contribution in [0.1, 0.15) is 0 Å². The van der Waals surface area contributed by atoms with Gasteiger partial charge in [0.2, 0.25) is 0 Å². The molecule has 0 fully saturated rings. The summed E-state index contributed by atoms with van der Waals surface area (Å²) >= 11 is 5.45. The van der Waals surface area contributed by atoms with Crippen LogP contribution in [0.2, 0.25) is 0 Å². The maximum Gasteiger partial charge on any atom is 0.0577 e. The summed E-state index contributed by atoms with van der Waals surface area (Å²) in [6.07, 6.45) is 3.83. The standard InChI is InChI=1S/C5H6ClN/c6-3-5-1-2-7-4-5/h1,4H,2-3H2. The Morgan fingerprint density at radius 2 is 2.71 bits per heavy atom. The van der Waals surface area contributed by atoms with Gasteiger partial charge < -0.3 is 0 Å². The van der Waals surface area contributed by atoms with Crippen molar-refractivity contribution in [3.8, 4) is 0 Å². The lowest BCUT2D eigenvalue weighted by Gasteiger charge is -1.80. The predicted octanol–water partition coefficient (Wildman–Crippen LogP) is 1.24. The number of hydrogen-bond acceptors (Lipinski definition) is 1. The number of rotatable bonds is 1. The quantitative estimate of drug-likeness (QED) is 0.456. The van der Waals surface area contributed by atoms with Gasteiger partial charge in [-0.15, -0.1) is 11.6 Å². The molecule has 38 valence electrons. The van der Waals surface area contributed by atoms with Gasteiger partial charge in [0.15, 0.2) is 0 Å². The first-order chi connectivity index (χ1) is 3.43. The Hall–Kier alpha value is -0.300. The van der Waals surface area contributed by atoms with Crippen LogP contribution in [-0.2, 0) is 0 Å². The van der Waals surface area contributed by atoms with Crippen LogP contribution in [-0.4, -0.2) is 18.6 Å². The first kappa shape index (κ1) is 4.85. The van der Waals surface area contributed by atoms with Gasteiger partial charge in [-0.1, -0.05) is 6.08 Å². The molecule has 0 radical (unpaired) electrons. The molecule has 1 aliphatic heterocycles. The van der Waals surface area contributed by atoms with Crippen molar-refractivity contribution in [1.82, 2.24) is 0 Å². The SMILES string of the molecule is ClCC1=CCN=C1. The molecule has 2 heteroatoms. The molecule has 1 nitrogen and oxygen atoms in total. The van der Waals surface area contributed by atoms with E-state index in [-0.39, 0.29) is 0 Å². The lowest BCUT2D eigenvalue weighted by Crippen LogP contribution is -1.78. The topological polar surface area (TPSA) is 12.4 Å². The molecular formula is C5H6ClN. The van der Waals surface area contributed by atoms with E-state index in [9.17, 15) is 0 Å². The van der Waals surface area contributed by atoms with Gasteiger partial charge in [0, 0.05) is 12.1 Å². The molecule has 0 N–H and O–H groups in total. The molecule has 0 aromatic carbocycles. The molecule has 1 aliphatic rings. The van der Waals surface area contributed by atoms with Crippen molar-refractivity contribution in [3.63, 3.8) is 0 Å². The summed E-state index contributed by atoms with van der Waals surface area (Å²) < 4.78 is 0. The number of allylic oxidation sites excluding steroid dienone is 1. The summed E-state index contributed by atoms with van der Waals surface area (Å²) in [4.78, 5) is 3.93. The maximum atomic E-state index is 5.45. The highest BCUT2D eigenvalue weighted by Crippen LogP contribution is 1.99. The summed E-state index contributed by atoms with van der Waals surface area (Å²) in [5.74, 6) is 0.601. The van der Waals surface area contributed by atoms with E-state index in [0.717, 1.165) is 12.1 Å². The zero-order chi connectivity index (χ0) is 5.11. The second-order valence-electron chi connectivity index (χ2n) is 1.41. The van der Waals surface area contributed by atoms with E-state index in [0.29, 0.717) is 5.88 Å². The molecule has 0 saturated heterocycles. The van der Waals surface area contributed by atoms with Crippen molar-refractivity contribution < 1.29 is 0 Å². The molecular weight excluding hydrogens is 110 g/mol. The van der Waals surface area contributed by atoms with Crippen LogP contribution in [0, 0.1) is 0 Å². The van der Waals surface area contributed by atoms with Crippen molar-refractivity contribution >= 4 is 17.8 Å². The summed E-state index contributed by atoms with van der Waals surface area (Å²) in [5.41, 5.74) is 1.14. The van der Waals surface area contributed by atoms with E-state index in [1.54, 1.807) is 0 Å². The third-order valence-electron chi connectivity index (χ3n) is 0.870. The van der Waals surface area contributed by atoms with Crippen LogP contribution in [0.3, 0.4) is 0 Å².